The maximum atomic E-state index is 9.88. The number of hydrogen-bond acceptors (Lipinski definition) is 2. The van der Waals surface area contributed by atoms with Gasteiger partial charge in [-0.2, -0.15) is 0 Å². The average molecular weight is 221 g/mol. The van der Waals surface area contributed by atoms with Crippen LogP contribution in [0.25, 0.3) is 0 Å². The van der Waals surface area contributed by atoms with Gasteiger partial charge in [0.05, 0.1) is 6.10 Å². The first-order valence-corrected chi connectivity index (χ1v) is 6.17. The number of aliphatic hydroxyl groups is 1. The van der Waals surface area contributed by atoms with E-state index in [0.717, 1.165) is 18.5 Å². The van der Waals surface area contributed by atoms with E-state index >= 15 is 0 Å². The first-order valence-electron chi connectivity index (χ1n) is 6.17. The molecule has 0 saturated carbocycles. The van der Waals surface area contributed by atoms with Gasteiger partial charge >= 0.3 is 0 Å². The zero-order chi connectivity index (χ0) is 12.0. The molecule has 1 aromatic rings. The Morgan fingerprint density at radius 1 is 1.12 bits per heavy atom. The summed E-state index contributed by atoms with van der Waals surface area (Å²) in [7, 11) is 0. The zero-order valence-electron chi connectivity index (χ0n) is 10.5. The van der Waals surface area contributed by atoms with Crippen LogP contribution in [0.3, 0.4) is 0 Å². The van der Waals surface area contributed by atoms with Crippen LogP contribution in [0.2, 0.25) is 0 Å². The Kier molecular flexibility index (Phi) is 5.50. The molecule has 0 radical (unpaired) electrons. The highest BCUT2D eigenvalue weighted by atomic mass is 16.3. The second kappa shape index (κ2) is 6.66. The van der Waals surface area contributed by atoms with Crippen LogP contribution in [0, 0.1) is 0 Å². The second-order valence-corrected chi connectivity index (χ2v) is 4.30. The summed E-state index contributed by atoms with van der Waals surface area (Å²) in [5, 5.41) is 13.0. The summed E-state index contributed by atoms with van der Waals surface area (Å²) >= 11 is 0. The van der Waals surface area contributed by atoms with Crippen molar-refractivity contribution in [2.45, 2.75) is 39.2 Å². The van der Waals surface area contributed by atoms with Gasteiger partial charge in [0.25, 0.3) is 0 Å². The molecule has 0 aromatic heterocycles. The van der Waals surface area contributed by atoms with E-state index in [1.165, 1.54) is 5.56 Å². The molecule has 16 heavy (non-hydrogen) atoms. The van der Waals surface area contributed by atoms with Gasteiger partial charge in [0, 0.05) is 6.54 Å². The molecule has 2 atom stereocenters. The van der Waals surface area contributed by atoms with Gasteiger partial charge in [-0.05, 0) is 30.0 Å². The van der Waals surface area contributed by atoms with Crippen LogP contribution < -0.4 is 5.32 Å². The first-order chi connectivity index (χ1) is 7.69. The summed E-state index contributed by atoms with van der Waals surface area (Å²) in [6, 6.07) is 8.31. The topological polar surface area (TPSA) is 32.3 Å². The van der Waals surface area contributed by atoms with E-state index in [2.05, 4.69) is 31.3 Å². The molecular formula is C14H23NO. The van der Waals surface area contributed by atoms with Gasteiger partial charge in [0.15, 0.2) is 0 Å². The van der Waals surface area contributed by atoms with Crippen molar-refractivity contribution < 1.29 is 5.11 Å². The van der Waals surface area contributed by atoms with Crippen LogP contribution in [0.15, 0.2) is 24.3 Å². The molecular weight excluding hydrogens is 198 g/mol. The molecule has 1 aromatic carbocycles. The van der Waals surface area contributed by atoms with E-state index in [1.807, 2.05) is 19.1 Å². The van der Waals surface area contributed by atoms with E-state index in [4.69, 9.17) is 0 Å². The quantitative estimate of drug-likeness (QED) is 0.774. The molecule has 2 nitrogen and oxygen atoms in total. The van der Waals surface area contributed by atoms with Crippen molar-refractivity contribution in [2.75, 3.05) is 13.1 Å². The van der Waals surface area contributed by atoms with E-state index in [0.29, 0.717) is 12.5 Å². The Hall–Kier alpha value is -0.860. The van der Waals surface area contributed by atoms with Crippen molar-refractivity contribution >= 4 is 0 Å². The molecule has 2 heteroatoms. The molecule has 2 N–H and O–H groups in total. The smallest absolute Gasteiger partial charge is 0.0914 e. The molecule has 90 valence electrons. The van der Waals surface area contributed by atoms with Gasteiger partial charge in [0.1, 0.15) is 0 Å². The van der Waals surface area contributed by atoms with E-state index in [1.54, 1.807) is 0 Å². The lowest BCUT2D eigenvalue weighted by Gasteiger charge is -2.13. The predicted octanol–water partition coefficient (Wildman–Crippen LogP) is 2.84. The third kappa shape index (κ3) is 3.62. The molecule has 0 spiro atoms. The Morgan fingerprint density at radius 2 is 1.69 bits per heavy atom. The average Bonchev–Trinajstić information content (AvgIpc) is 2.35. The van der Waals surface area contributed by atoms with Crippen LogP contribution in [-0.4, -0.2) is 18.2 Å². The van der Waals surface area contributed by atoms with Crippen molar-refractivity contribution in [2.24, 2.45) is 0 Å². The highest BCUT2D eigenvalue weighted by Gasteiger charge is 2.07. The van der Waals surface area contributed by atoms with E-state index in [-0.39, 0.29) is 0 Å². The summed E-state index contributed by atoms with van der Waals surface area (Å²) in [6.45, 7) is 7.97. The number of likely N-dealkylation sites (N-methyl/N-ethyl adjacent to an activating group) is 1. The fraction of sp³-hybridized carbons (Fsp3) is 0.571. The Bertz CT molecular complexity index is 294. The number of nitrogens with one attached hydrogen (secondary N) is 1. The summed E-state index contributed by atoms with van der Waals surface area (Å²) in [5.74, 6) is 0.597. The van der Waals surface area contributed by atoms with Gasteiger partial charge in [-0.25, -0.2) is 0 Å². The van der Waals surface area contributed by atoms with Crippen molar-refractivity contribution in [1.82, 2.24) is 5.32 Å². The van der Waals surface area contributed by atoms with Gasteiger partial charge in [-0.1, -0.05) is 45.0 Å². The molecule has 0 heterocycles. The summed E-state index contributed by atoms with van der Waals surface area (Å²) < 4.78 is 0. The molecule has 0 bridgehead atoms. The fourth-order valence-electron chi connectivity index (χ4n) is 1.68. The Morgan fingerprint density at radius 3 is 2.19 bits per heavy atom. The lowest BCUT2D eigenvalue weighted by Crippen LogP contribution is -2.20. The number of rotatable bonds is 6. The van der Waals surface area contributed by atoms with Crippen LogP contribution >= 0.6 is 0 Å². The van der Waals surface area contributed by atoms with E-state index < -0.39 is 6.10 Å². The Balaban J connectivity index is 2.63. The predicted molar refractivity (Wildman–Crippen MR) is 68.7 cm³/mol. The first kappa shape index (κ1) is 13.2. The minimum absolute atomic E-state index is 0.397. The molecule has 0 amide bonds. The molecule has 1 rings (SSSR count). The molecule has 0 aliphatic heterocycles. The second-order valence-electron chi connectivity index (χ2n) is 4.30. The SMILES string of the molecule is CCNCC(O)c1ccc(C(C)CC)cc1. The minimum atomic E-state index is -0.397. The van der Waals surface area contributed by atoms with Gasteiger partial charge in [-0.3, -0.25) is 0 Å². The molecule has 2 unspecified atom stereocenters. The maximum Gasteiger partial charge on any atom is 0.0914 e. The molecule has 0 aliphatic rings. The van der Waals surface area contributed by atoms with Gasteiger partial charge < -0.3 is 10.4 Å². The highest BCUT2D eigenvalue weighted by Crippen LogP contribution is 2.21. The van der Waals surface area contributed by atoms with Gasteiger partial charge in [0.2, 0.25) is 0 Å². The van der Waals surface area contributed by atoms with Crippen LogP contribution in [0.4, 0.5) is 0 Å². The van der Waals surface area contributed by atoms with Gasteiger partial charge in [-0.15, -0.1) is 0 Å². The van der Waals surface area contributed by atoms with E-state index in [9.17, 15) is 5.11 Å². The van der Waals surface area contributed by atoms with Crippen molar-refractivity contribution in [3.05, 3.63) is 35.4 Å². The largest absolute Gasteiger partial charge is 0.387 e. The van der Waals surface area contributed by atoms with Crippen molar-refractivity contribution in [1.29, 1.82) is 0 Å². The maximum absolute atomic E-state index is 9.88. The fourth-order valence-corrected chi connectivity index (χ4v) is 1.68. The normalized spacial score (nSPS) is 14.8. The van der Waals surface area contributed by atoms with Crippen LogP contribution in [-0.2, 0) is 0 Å². The summed E-state index contributed by atoms with van der Waals surface area (Å²) in [5.41, 5.74) is 2.34. The summed E-state index contributed by atoms with van der Waals surface area (Å²) in [4.78, 5) is 0. The summed E-state index contributed by atoms with van der Waals surface area (Å²) in [6.07, 6.45) is 0.755. The lowest BCUT2D eigenvalue weighted by atomic mass is 9.96. The lowest BCUT2D eigenvalue weighted by molar-refractivity contribution is 0.175. The molecule has 0 fully saturated rings. The minimum Gasteiger partial charge on any atom is -0.387 e. The van der Waals surface area contributed by atoms with Crippen LogP contribution in [0.5, 0.6) is 0 Å². The third-order valence-electron chi connectivity index (χ3n) is 3.09. The monoisotopic (exact) mass is 221 g/mol. The third-order valence-corrected chi connectivity index (χ3v) is 3.09. The van der Waals surface area contributed by atoms with Crippen LogP contribution in [0.1, 0.15) is 50.3 Å². The number of benzene rings is 1. The highest BCUT2D eigenvalue weighted by molar-refractivity contribution is 5.26. The van der Waals surface area contributed by atoms with Crippen molar-refractivity contribution in [3.8, 4) is 0 Å². The standard InChI is InChI=1S/C14H23NO/c1-4-11(3)12-6-8-13(9-7-12)14(16)10-15-5-2/h6-9,11,14-16H,4-5,10H2,1-3H3. The Labute approximate surface area is 98.7 Å². The molecule has 0 aliphatic carbocycles. The number of aliphatic hydroxyl groups excluding tert-OH is 1. The van der Waals surface area contributed by atoms with Crippen molar-refractivity contribution in [3.63, 3.8) is 0 Å². The molecule has 0 saturated heterocycles. The number of hydrogen-bond donors (Lipinski definition) is 2. The zero-order valence-corrected chi connectivity index (χ0v) is 10.5.